The maximum Gasteiger partial charge on any atom is 3.00 e. The molecule has 0 unspecified atom stereocenters. The molecule has 6 heteroatoms. The van der Waals surface area contributed by atoms with Gasteiger partial charge in [-0.1, -0.05) is 29.4 Å². The maximum absolute atomic E-state index is 4.93. The fraction of sp³-hybridized carbons (Fsp3) is 0.250. The molecule has 0 amide bonds. The Hall–Kier alpha value is 0.196. The van der Waals surface area contributed by atoms with Gasteiger partial charge in [-0.05, 0) is 62.8 Å². The quantitative estimate of drug-likeness (QED) is 0.402. The molecule has 0 spiro atoms. The van der Waals surface area contributed by atoms with Gasteiger partial charge in [-0.2, -0.15) is 23.6 Å². The van der Waals surface area contributed by atoms with E-state index in [1.807, 2.05) is 12.2 Å². The van der Waals surface area contributed by atoms with Crippen molar-refractivity contribution in [2.24, 2.45) is 0 Å². The van der Waals surface area contributed by atoms with Crippen LogP contribution in [0.1, 0.15) is 47.0 Å². The Bertz CT molecular complexity index is 973. The van der Waals surface area contributed by atoms with Gasteiger partial charge in [0.25, 0.3) is 0 Å². The molecule has 0 saturated heterocycles. The average Bonchev–Trinajstić information content (AvgIpc) is 3.57. The second-order valence-electron chi connectivity index (χ2n) is 7.62. The predicted molar refractivity (Wildman–Crippen MR) is 135 cm³/mol. The van der Waals surface area contributed by atoms with E-state index in [1.165, 1.54) is 33.1 Å². The van der Waals surface area contributed by atoms with E-state index in [-0.39, 0.29) is 51.0 Å². The first-order valence-electron chi connectivity index (χ1n) is 10.5. The minimum atomic E-state index is -0.826. The summed E-state index contributed by atoms with van der Waals surface area (Å²) in [7, 11) is 9.87. The van der Waals surface area contributed by atoms with Crippen molar-refractivity contribution < 1.29 is 71.9 Å². The van der Waals surface area contributed by atoms with Crippen LogP contribution >= 0.6 is 17.0 Å². The molecule has 0 saturated carbocycles. The number of hydrogen-bond acceptors (Lipinski definition) is 0. The van der Waals surface area contributed by atoms with Crippen molar-refractivity contribution in [1.29, 1.82) is 0 Å². The van der Waals surface area contributed by atoms with E-state index in [0.29, 0.717) is 0 Å². The largest absolute Gasteiger partial charge is 3.00 e. The van der Waals surface area contributed by atoms with Crippen LogP contribution in [0.3, 0.4) is 0 Å². The van der Waals surface area contributed by atoms with Gasteiger partial charge in [0.1, 0.15) is 0 Å². The molecule has 34 heavy (non-hydrogen) atoms. The number of rotatable bonds is 1. The molecule has 0 atom stereocenters. The third-order valence-electron chi connectivity index (χ3n) is 5.81. The van der Waals surface area contributed by atoms with Crippen LogP contribution in [0.25, 0.3) is 10.8 Å². The molecule has 2 aromatic carbocycles. The summed E-state index contributed by atoms with van der Waals surface area (Å²) >= 11 is -0.826. The van der Waals surface area contributed by atoms with Crippen LogP contribution in [-0.4, -0.2) is 0 Å². The first kappa shape index (κ1) is 36.4. The SMILES string of the molecule is CC1=CCC(C2=C(C)C(C)=CC2)=C1C.[C-]1=CC=CC1.[Cl-].[Cl-].[Cl][Zr][Cl].[Zr+3].c1ccc2[cH-]ccc2c1. The zero-order valence-electron chi connectivity index (χ0n) is 20.1. The van der Waals surface area contributed by atoms with Crippen LogP contribution in [0.2, 0.25) is 0 Å². The Balaban J connectivity index is 0. The van der Waals surface area contributed by atoms with Crippen molar-refractivity contribution >= 4 is 27.8 Å². The maximum atomic E-state index is 4.93. The second kappa shape index (κ2) is 20.3. The van der Waals surface area contributed by atoms with E-state index in [9.17, 15) is 0 Å². The summed E-state index contributed by atoms with van der Waals surface area (Å²) in [4.78, 5) is 0. The van der Waals surface area contributed by atoms with Gasteiger partial charge >= 0.3 is 64.1 Å². The first-order chi connectivity index (χ1) is 15.0. The minimum Gasteiger partial charge on any atom is -0.168 e. The predicted octanol–water partition coefficient (Wildman–Crippen LogP) is 3.57. The van der Waals surface area contributed by atoms with Gasteiger partial charge in [-0.15, -0.1) is 36.1 Å². The molecule has 3 aliphatic carbocycles. The molecule has 0 N–H and O–H groups in total. The Labute approximate surface area is 256 Å². The average molecular weight is 691 g/mol. The third-order valence-corrected chi connectivity index (χ3v) is 5.81. The van der Waals surface area contributed by atoms with Crippen LogP contribution in [0.5, 0.6) is 0 Å². The van der Waals surface area contributed by atoms with Crippen molar-refractivity contribution in [2.45, 2.75) is 47.0 Å². The number of fused-ring (bicyclic) bond motifs is 1. The molecule has 0 nitrogen and oxygen atoms in total. The van der Waals surface area contributed by atoms with Crippen molar-refractivity contribution in [1.82, 2.24) is 0 Å². The number of benzene rings is 1. The van der Waals surface area contributed by atoms with Crippen LogP contribution in [-0.2, 0) is 47.1 Å². The normalized spacial score (nSPS) is 14.8. The number of halogens is 4. The van der Waals surface area contributed by atoms with Crippen molar-refractivity contribution in [3.05, 3.63) is 112 Å². The van der Waals surface area contributed by atoms with Crippen molar-refractivity contribution in [2.75, 3.05) is 0 Å². The van der Waals surface area contributed by atoms with Gasteiger partial charge in [-0.3, -0.25) is 6.08 Å². The van der Waals surface area contributed by atoms with Crippen LogP contribution in [0.15, 0.2) is 106 Å². The van der Waals surface area contributed by atoms with E-state index in [0.717, 1.165) is 19.3 Å². The van der Waals surface area contributed by atoms with Gasteiger partial charge < -0.3 is 24.8 Å². The van der Waals surface area contributed by atoms with Crippen molar-refractivity contribution in [3.63, 3.8) is 0 Å². The molecule has 0 bridgehead atoms. The third kappa shape index (κ3) is 11.5. The van der Waals surface area contributed by atoms with Crippen LogP contribution < -0.4 is 24.8 Å². The summed E-state index contributed by atoms with van der Waals surface area (Å²) in [6.45, 7) is 8.94. The second-order valence-corrected chi connectivity index (χ2v) is 11.4. The molecule has 0 aromatic heterocycles. The zero-order valence-corrected chi connectivity index (χ0v) is 28.0. The molecule has 179 valence electrons. The Kier molecular flexibility index (Phi) is 21.7. The van der Waals surface area contributed by atoms with Crippen molar-refractivity contribution in [3.8, 4) is 0 Å². The van der Waals surface area contributed by atoms with Gasteiger partial charge in [0.05, 0.1) is 0 Å². The molecular weight excluding hydrogens is 661 g/mol. The molecule has 0 aliphatic heterocycles. The smallest absolute Gasteiger partial charge is 0.168 e. The van der Waals surface area contributed by atoms with Gasteiger partial charge in [0.15, 0.2) is 0 Å². The Morgan fingerprint density at radius 3 is 1.74 bits per heavy atom. The molecule has 1 radical (unpaired) electrons. The molecule has 3 aliphatic rings. The number of allylic oxidation sites excluding steroid dienone is 12. The van der Waals surface area contributed by atoms with Gasteiger partial charge in [0, 0.05) is 0 Å². The summed E-state index contributed by atoms with van der Waals surface area (Å²) in [6.07, 6.45) is 17.0. The fourth-order valence-corrected chi connectivity index (χ4v) is 3.71. The first-order valence-corrected chi connectivity index (χ1v) is 16.8. The van der Waals surface area contributed by atoms with Gasteiger partial charge in [-0.25, -0.2) is 12.2 Å². The van der Waals surface area contributed by atoms with E-state index in [4.69, 9.17) is 17.0 Å². The van der Waals surface area contributed by atoms with E-state index < -0.39 is 20.8 Å². The summed E-state index contributed by atoms with van der Waals surface area (Å²) in [5.74, 6) is 0. The zero-order chi connectivity index (χ0) is 22.6. The van der Waals surface area contributed by atoms with Gasteiger partial charge in [0.2, 0.25) is 0 Å². The van der Waals surface area contributed by atoms with Crippen LogP contribution in [0.4, 0.5) is 0 Å². The van der Waals surface area contributed by atoms with Crippen LogP contribution in [0, 0.1) is 6.08 Å². The van der Waals surface area contributed by atoms with E-state index >= 15 is 0 Å². The minimum absolute atomic E-state index is 0. The fourth-order valence-electron chi connectivity index (χ4n) is 3.71. The summed E-state index contributed by atoms with van der Waals surface area (Å²) in [5.41, 5.74) is 9.08. The molecule has 2 aromatic rings. The Morgan fingerprint density at radius 1 is 0.853 bits per heavy atom. The summed E-state index contributed by atoms with van der Waals surface area (Å²) in [5, 5.41) is 2.66. The van der Waals surface area contributed by atoms with E-state index in [2.05, 4.69) is 94.5 Å². The molecule has 0 fully saturated rings. The monoisotopic (exact) mass is 686 g/mol. The molecule has 5 rings (SSSR count). The molecule has 0 heterocycles. The summed E-state index contributed by atoms with van der Waals surface area (Å²) in [6, 6.07) is 14.7. The Morgan fingerprint density at radius 2 is 1.38 bits per heavy atom. The topological polar surface area (TPSA) is 0 Å². The summed E-state index contributed by atoms with van der Waals surface area (Å²) < 4.78 is 0. The standard InChI is InChI=1S/C14H18.C9H7.C5H5.4ClH.2Zr/c1-9-5-7-13(11(9)3)14-8-6-10(2)12(14)4;1-2-5-9-7-3-6-8(9)4-1;1-2-4-5-3-1;;;;;;/h5-6H,7-8H2,1-4H3;1-7H;1-3H,4H2;4*1H;;/q;2*-1;;;;;+2;+3/p-4. The van der Waals surface area contributed by atoms with E-state index in [1.54, 1.807) is 11.1 Å². The number of hydrogen-bond donors (Lipinski definition) is 0. The molecular formula is C28H30Cl4Zr2-.